The number of halogens is 2. The molecule has 0 aromatic heterocycles. The zero-order chi connectivity index (χ0) is 8.85. The molecule has 0 unspecified atom stereocenters. The van der Waals surface area contributed by atoms with Gasteiger partial charge in [0.15, 0.2) is 10.9 Å². The van der Waals surface area contributed by atoms with Crippen LogP contribution in [0.15, 0.2) is 16.8 Å². The number of allylic oxidation sites excluding steroid dienone is 2. The predicted molar refractivity (Wildman–Crippen MR) is 47.6 cm³/mol. The van der Waals surface area contributed by atoms with Crippen LogP contribution in [0.4, 0.5) is 0 Å². The molecule has 0 atom stereocenters. The van der Waals surface area contributed by atoms with Crippen LogP contribution < -0.4 is 0 Å². The zero-order valence-electron chi connectivity index (χ0n) is 6.19. The van der Waals surface area contributed by atoms with Gasteiger partial charge in [0.1, 0.15) is 0 Å². The van der Waals surface area contributed by atoms with E-state index in [9.17, 15) is 0 Å². The molecule has 62 valence electrons. The summed E-state index contributed by atoms with van der Waals surface area (Å²) >= 11 is 10.7. The Morgan fingerprint density at radius 3 is 2.36 bits per heavy atom. The van der Waals surface area contributed by atoms with Crippen LogP contribution >= 0.6 is 23.2 Å². The summed E-state index contributed by atoms with van der Waals surface area (Å²) in [5.41, 5.74) is 0. The lowest BCUT2D eigenvalue weighted by Crippen LogP contribution is -1.98. The fraction of sp³-hybridized carbons (Fsp3) is 0.333. The van der Waals surface area contributed by atoms with E-state index >= 15 is 0 Å². The van der Waals surface area contributed by atoms with E-state index in [1.165, 1.54) is 7.11 Å². The molecule has 0 saturated carbocycles. The highest BCUT2D eigenvalue weighted by atomic mass is 35.5. The highest BCUT2D eigenvalue weighted by molar-refractivity contribution is 6.73. The molecule has 5 heteroatoms. The molecule has 0 aliphatic rings. The van der Waals surface area contributed by atoms with Crippen molar-refractivity contribution in [3.05, 3.63) is 11.8 Å². The molecular formula is C6H8Cl2N2O. The summed E-state index contributed by atoms with van der Waals surface area (Å²) in [6, 6.07) is 0. The molecule has 0 aliphatic carbocycles. The van der Waals surface area contributed by atoms with Crippen LogP contribution in [0.25, 0.3) is 0 Å². The molecule has 0 heterocycles. The minimum Gasteiger partial charge on any atom is -0.494 e. The number of amidine groups is 1. The normalized spacial score (nSPS) is 13.1. The van der Waals surface area contributed by atoms with Crippen molar-refractivity contribution in [3.8, 4) is 0 Å². The summed E-state index contributed by atoms with van der Waals surface area (Å²) in [5.74, 6) is 0.400. The molecule has 0 radical (unpaired) electrons. The van der Waals surface area contributed by atoms with Gasteiger partial charge in [-0.25, -0.2) is 4.99 Å². The Morgan fingerprint density at radius 2 is 2.09 bits per heavy atom. The van der Waals surface area contributed by atoms with E-state index in [1.807, 2.05) is 0 Å². The number of hydrogen-bond acceptors (Lipinski definition) is 2. The molecule has 0 rings (SSSR count). The number of ether oxygens (including phenoxy) is 1. The van der Waals surface area contributed by atoms with Crippen molar-refractivity contribution < 1.29 is 4.74 Å². The summed E-state index contributed by atoms with van der Waals surface area (Å²) < 4.78 is 4.81. The molecule has 0 aromatic carbocycles. The van der Waals surface area contributed by atoms with E-state index in [0.29, 0.717) is 5.76 Å². The monoisotopic (exact) mass is 194 g/mol. The predicted octanol–water partition coefficient (Wildman–Crippen LogP) is 2.35. The van der Waals surface area contributed by atoms with Crippen molar-refractivity contribution in [1.82, 2.24) is 0 Å². The summed E-state index contributed by atoms with van der Waals surface area (Å²) in [7, 11) is 1.46. The largest absolute Gasteiger partial charge is 0.494 e. The number of nitrogens with one attached hydrogen (secondary N) is 1. The Balaban J connectivity index is 4.45. The summed E-state index contributed by atoms with van der Waals surface area (Å²) in [4.78, 5) is 3.46. The van der Waals surface area contributed by atoms with Gasteiger partial charge in [-0.1, -0.05) is 11.6 Å². The Kier molecular flexibility index (Phi) is 4.90. The first-order chi connectivity index (χ1) is 5.11. The first-order valence-corrected chi connectivity index (χ1v) is 3.56. The molecule has 11 heavy (non-hydrogen) atoms. The van der Waals surface area contributed by atoms with Gasteiger partial charge >= 0.3 is 0 Å². The first-order valence-electron chi connectivity index (χ1n) is 2.80. The molecule has 0 aliphatic heterocycles. The van der Waals surface area contributed by atoms with Crippen LogP contribution in [-0.4, -0.2) is 17.6 Å². The van der Waals surface area contributed by atoms with Crippen molar-refractivity contribution in [2.45, 2.75) is 6.92 Å². The van der Waals surface area contributed by atoms with E-state index in [2.05, 4.69) is 4.99 Å². The van der Waals surface area contributed by atoms with Gasteiger partial charge in [-0.15, -0.1) is 0 Å². The molecule has 0 amide bonds. The van der Waals surface area contributed by atoms with Gasteiger partial charge in [0.2, 0.25) is 5.29 Å². The summed E-state index contributed by atoms with van der Waals surface area (Å²) in [6.45, 7) is 1.74. The van der Waals surface area contributed by atoms with Gasteiger partial charge in [-0.05, 0) is 24.6 Å². The second-order valence-corrected chi connectivity index (χ2v) is 2.27. The van der Waals surface area contributed by atoms with E-state index in [-0.39, 0.29) is 10.5 Å². The minimum atomic E-state index is -0.369. The smallest absolute Gasteiger partial charge is 0.216 e. The third-order valence-corrected chi connectivity index (χ3v) is 1.24. The molecule has 3 nitrogen and oxygen atoms in total. The van der Waals surface area contributed by atoms with Crippen LogP contribution in [0, 0.1) is 5.41 Å². The average Bonchev–Trinajstić information content (AvgIpc) is 1.88. The summed E-state index contributed by atoms with van der Waals surface area (Å²) in [5, 5.41) is 6.49. The molecular weight excluding hydrogens is 187 g/mol. The molecule has 0 aromatic rings. The van der Waals surface area contributed by atoms with E-state index < -0.39 is 0 Å². The van der Waals surface area contributed by atoms with Gasteiger partial charge in [0.05, 0.1) is 7.11 Å². The van der Waals surface area contributed by atoms with Crippen molar-refractivity contribution >= 4 is 33.7 Å². The van der Waals surface area contributed by atoms with E-state index in [0.717, 1.165) is 0 Å². The number of aliphatic imine (C=N–C) groups is 1. The van der Waals surface area contributed by atoms with Gasteiger partial charge in [-0.2, -0.15) is 0 Å². The van der Waals surface area contributed by atoms with Crippen LogP contribution in [0.1, 0.15) is 6.92 Å². The van der Waals surface area contributed by atoms with Crippen molar-refractivity contribution in [2.75, 3.05) is 7.11 Å². The van der Waals surface area contributed by atoms with Crippen LogP contribution in [0.3, 0.4) is 0 Å². The second kappa shape index (κ2) is 5.16. The van der Waals surface area contributed by atoms with Crippen LogP contribution in [0.5, 0.6) is 0 Å². The van der Waals surface area contributed by atoms with Gasteiger partial charge < -0.3 is 4.74 Å². The van der Waals surface area contributed by atoms with E-state index in [4.69, 9.17) is 33.3 Å². The van der Waals surface area contributed by atoms with Crippen molar-refractivity contribution in [2.24, 2.45) is 4.99 Å². The van der Waals surface area contributed by atoms with Gasteiger partial charge in [-0.3, -0.25) is 5.41 Å². The number of methoxy groups -OCH3 is 1. The Morgan fingerprint density at radius 1 is 1.55 bits per heavy atom. The highest BCUT2D eigenvalue weighted by Crippen LogP contribution is 2.04. The SMILES string of the molecule is C/C=C(/OC)C(Cl)=NC(=N)Cl. The van der Waals surface area contributed by atoms with Crippen molar-refractivity contribution in [1.29, 1.82) is 5.41 Å². The average molecular weight is 195 g/mol. The lowest BCUT2D eigenvalue weighted by atomic mass is 10.5. The maximum absolute atomic E-state index is 6.78. The standard InChI is InChI=1S/C6H8Cl2N2O/c1-3-4(11-2)5(7)10-6(8)9/h3,9H,1-2H3/b4-3+,9-6?,10-5?. The molecule has 0 spiro atoms. The van der Waals surface area contributed by atoms with Crippen LogP contribution in [0.2, 0.25) is 0 Å². The fourth-order valence-electron chi connectivity index (χ4n) is 0.462. The molecule has 0 saturated heterocycles. The lowest BCUT2D eigenvalue weighted by Gasteiger charge is -2.00. The highest BCUT2D eigenvalue weighted by Gasteiger charge is 2.02. The minimum absolute atomic E-state index is 0.0787. The summed E-state index contributed by atoms with van der Waals surface area (Å²) in [6.07, 6.45) is 1.63. The number of rotatable bonds is 2. The first kappa shape index (κ1) is 10.5. The van der Waals surface area contributed by atoms with E-state index in [1.54, 1.807) is 13.0 Å². The molecule has 0 fully saturated rings. The van der Waals surface area contributed by atoms with Crippen molar-refractivity contribution in [3.63, 3.8) is 0 Å². The number of hydrogen-bond donors (Lipinski definition) is 1. The van der Waals surface area contributed by atoms with Gasteiger partial charge in [0, 0.05) is 0 Å². The number of nitrogens with zero attached hydrogens (tertiary/aromatic N) is 1. The lowest BCUT2D eigenvalue weighted by molar-refractivity contribution is 0.315. The third kappa shape index (κ3) is 4.01. The maximum atomic E-state index is 6.78. The Labute approximate surface area is 75.2 Å². The Hall–Kier alpha value is -0.540. The second-order valence-electron chi connectivity index (χ2n) is 1.55. The zero-order valence-corrected chi connectivity index (χ0v) is 7.70. The van der Waals surface area contributed by atoms with Crippen LogP contribution in [-0.2, 0) is 4.74 Å². The Bertz CT molecular complexity index is 211. The molecule has 0 bridgehead atoms. The third-order valence-electron chi connectivity index (χ3n) is 0.882. The maximum Gasteiger partial charge on any atom is 0.216 e. The molecule has 1 N–H and O–H groups in total. The van der Waals surface area contributed by atoms with Gasteiger partial charge in [0.25, 0.3) is 0 Å². The fourth-order valence-corrected chi connectivity index (χ4v) is 0.861. The topological polar surface area (TPSA) is 45.4 Å². The quantitative estimate of drug-likeness (QED) is 0.312.